The Balaban J connectivity index is 1.54. The van der Waals surface area contributed by atoms with Crippen molar-refractivity contribution in [3.8, 4) is 0 Å². The number of likely N-dealkylation sites (tertiary alicyclic amines) is 1. The maximum Gasteiger partial charge on any atom is 0.253 e. The number of carbonyl (C=O) groups is 1. The fraction of sp³-hybridized carbons (Fsp3) is 0.435. The van der Waals surface area contributed by atoms with Crippen molar-refractivity contribution in [1.82, 2.24) is 4.90 Å². The van der Waals surface area contributed by atoms with Gasteiger partial charge >= 0.3 is 0 Å². The topological polar surface area (TPSA) is 23.6 Å². The SMILES string of the molecule is Cc1ccc(C(=O)N2CC[C@H]3[C@@H](C2)CC(C)(C)N3c2ccc(F)cc2)cc1F. The zero-order chi connectivity index (χ0) is 20.1. The molecule has 0 N–H and O–H groups in total. The zero-order valence-corrected chi connectivity index (χ0v) is 16.6. The molecule has 0 unspecified atom stereocenters. The van der Waals surface area contributed by atoms with Gasteiger partial charge in [0.1, 0.15) is 11.6 Å². The maximum absolute atomic E-state index is 13.9. The van der Waals surface area contributed by atoms with Gasteiger partial charge in [0.2, 0.25) is 0 Å². The van der Waals surface area contributed by atoms with Crippen molar-refractivity contribution in [3.05, 3.63) is 65.2 Å². The molecule has 0 aromatic heterocycles. The molecule has 2 saturated heterocycles. The van der Waals surface area contributed by atoms with Crippen LogP contribution >= 0.6 is 0 Å². The van der Waals surface area contributed by atoms with Crippen molar-refractivity contribution in [2.45, 2.75) is 45.2 Å². The predicted octanol–water partition coefficient (Wildman–Crippen LogP) is 4.79. The average Bonchev–Trinajstić information content (AvgIpc) is 2.93. The average molecular weight is 384 g/mol. The van der Waals surface area contributed by atoms with E-state index >= 15 is 0 Å². The summed E-state index contributed by atoms with van der Waals surface area (Å²) in [5, 5.41) is 0. The number of anilines is 1. The number of benzene rings is 2. The van der Waals surface area contributed by atoms with E-state index in [0.29, 0.717) is 36.2 Å². The summed E-state index contributed by atoms with van der Waals surface area (Å²) in [5.74, 6) is -0.336. The first-order chi connectivity index (χ1) is 13.3. The third-order valence-electron chi connectivity index (χ3n) is 6.25. The van der Waals surface area contributed by atoms with Crippen LogP contribution in [0.3, 0.4) is 0 Å². The molecule has 2 aliphatic rings. The van der Waals surface area contributed by atoms with Gasteiger partial charge in [-0.2, -0.15) is 0 Å². The summed E-state index contributed by atoms with van der Waals surface area (Å²) in [6, 6.07) is 11.7. The van der Waals surface area contributed by atoms with Gasteiger partial charge in [-0.1, -0.05) is 6.07 Å². The lowest BCUT2D eigenvalue weighted by Gasteiger charge is -2.42. The van der Waals surface area contributed by atoms with Crippen LogP contribution in [0.25, 0.3) is 0 Å². The smallest absolute Gasteiger partial charge is 0.253 e. The number of amides is 1. The van der Waals surface area contributed by atoms with E-state index in [2.05, 4.69) is 18.7 Å². The highest BCUT2D eigenvalue weighted by Crippen LogP contribution is 2.44. The van der Waals surface area contributed by atoms with Crippen molar-refractivity contribution in [2.75, 3.05) is 18.0 Å². The number of nitrogens with zero attached hydrogens (tertiary/aromatic N) is 2. The van der Waals surface area contributed by atoms with Gasteiger partial charge < -0.3 is 9.80 Å². The minimum atomic E-state index is -0.342. The van der Waals surface area contributed by atoms with E-state index in [9.17, 15) is 13.6 Å². The van der Waals surface area contributed by atoms with Crippen LogP contribution < -0.4 is 4.90 Å². The molecule has 2 aromatic rings. The first-order valence-corrected chi connectivity index (χ1v) is 9.86. The number of aryl methyl sites for hydroxylation is 1. The molecule has 3 nitrogen and oxygen atoms in total. The molecule has 2 fully saturated rings. The van der Waals surface area contributed by atoms with Crippen molar-refractivity contribution in [3.63, 3.8) is 0 Å². The minimum absolute atomic E-state index is 0.0673. The molecule has 2 atom stereocenters. The van der Waals surface area contributed by atoms with Crippen LogP contribution in [-0.4, -0.2) is 35.5 Å². The summed E-state index contributed by atoms with van der Waals surface area (Å²) in [6.45, 7) is 7.41. The van der Waals surface area contributed by atoms with Crippen LogP contribution in [0.15, 0.2) is 42.5 Å². The summed E-state index contributed by atoms with van der Waals surface area (Å²) in [7, 11) is 0. The zero-order valence-electron chi connectivity index (χ0n) is 16.6. The standard InChI is InChI=1S/C23H26F2N2O/c1-15-4-5-16(12-20(15)25)22(28)26-11-10-21-17(14-26)13-23(2,3)27(21)19-8-6-18(24)7-9-19/h4-9,12,17,21H,10-11,13-14H2,1-3H3/t17-,21+/m1/s1. The molecule has 0 radical (unpaired) electrons. The normalized spacial score (nSPS) is 23.6. The third kappa shape index (κ3) is 3.27. The van der Waals surface area contributed by atoms with Gasteiger partial charge in [0.05, 0.1) is 0 Å². The van der Waals surface area contributed by atoms with Gasteiger partial charge in [-0.3, -0.25) is 4.79 Å². The molecule has 0 aliphatic carbocycles. The lowest BCUT2D eigenvalue weighted by atomic mass is 9.89. The number of carbonyl (C=O) groups excluding carboxylic acids is 1. The highest BCUT2D eigenvalue weighted by atomic mass is 19.1. The van der Waals surface area contributed by atoms with Crippen LogP contribution in [-0.2, 0) is 0 Å². The Hall–Kier alpha value is -2.43. The number of rotatable bonds is 2. The highest BCUT2D eigenvalue weighted by Gasteiger charge is 2.48. The van der Waals surface area contributed by atoms with Crippen LogP contribution in [0, 0.1) is 24.5 Å². The number of hydrogen-bond acceptors (Lipinski definition) is 2. The minimum Gasteiger partial charge on any atom is -0.363 e. The largest absolute Gasteiger partial charge is 0.363 e. The Bertz CT molecular complexity index is 894. The van der Waals surface area contributed by atoms with Crippen LogP contribution in [0.1, 0.15) is 42.6 Å². The van der Waals surface area contributed by atoms with Crippen molar-refractivity contribution in [2.24, 2.45) is 5.92 Å². The predicted molar refractivity (Wildman–Crippen MR) is 107 cm³/mol. The number of halogens is 2. The van der Waals surface area contributed by atoms with Gasteiger partial charge in [-0.25, -0.2) is 8.78 Å². The molecule has 1 amide bonds. The fourth-order valence-corrected chi connectivity index (χ4v) is 4.98. The fourth-order valence-electron chi connectivity index (χ4n) is 4.98. The lowest BCUT2D eigenvalue weighted by molar-refractivity contribution is 0.0667. The molecule has 2 aromatic carbocycles. The Morgan fingerprint density at radius 3 is 2.50 bits per heavy atom. The summed E-state index contributed by atoms with van der Waals surface area (Å²) >= 11 is 0. The Labute approximate surface area is 165 Å². The first-order valence-electron chi connectivity index (χ1n) is 9.86. The van der Waals surface area contributed by atoms with Gasteiger partial charge in [-0.15, -0.1) is 0 Å². The van der Waals surface area contributed by atoms with E-state index < -0.39 is 0 Å². The Morgan fingerprint density at radius 2 is 1.82 bits per heavy atom. The van der Waals surface area contributed by atoms with E-state index in [1.165, 1.54) is 18.2 Å². The Morgan fingerprint density at radius 1 is 1.11 bits per heavy atom. The maximum atomic E-state index is 13.9. The van der Waals surface area contributed by atoms with E-state index in [0.717, 1.165) is 18.5 Å². The molecule has 4 rings (SSSR count). The van der Waals surface area contributed by atoms with E-state index in [1.54, 1.807) is 19.1 Å². The van der Waals surface area contributed by atoms with Gasteiger partial charge in [0.25, 0.3) is 5.91 Å². The van der Waals surface area contributed by atoms with Crippen molar-refractivity contribution in [1.29, 1.82) is 0 Å². The van der Waals surface area contributed by atoms with Crippen LogP contribution in [0.4, 0.5) is 14.5 Å². The van der Waals surface area contributed by atoms with Crippen molar-refractivity contribution < 1.29 is 13.6 Å². The summed E-state index contributed by atoms with van der Waals surface area (Å²) in [6.07, 6.45) is 1.81. The molecular formula is C23H26F2N2O. The van der Waals surface area contributed by atoms with E-state index in [4.69, 9.17) is 0 Å². The molecule has 0 spiro atoms. The summed E-state index contributed by atoms with van der Waals surface area (Å²) < 4.78 is 27.3. The van der Waals surface area contributed by atoms with Crippen LogP contribution in [0.2, 0.25) is 0 Å². The second kappa shape index (κ2) is 6.87. The first kappa shape index (κ1) is 18.9. The molecule has 0 saturated carbocycles. The Kier molecular flexibility index (Phi) is 4.64. The second-order valence-corrected chi connectivity index (χ2v) is 8.69. The molecule has 28 heavy (non-hydrogen) atoms. The third-order valence-corrected chi connectivity index (χ3v) is 6.25. The van der Waals surface area contributed by atoms with E-state index in [1.807, 2.05) is 17.0 Å². The lowest BCUT2D eigenvalue weighted by Crippen LogP contribution is -2.50. The highest BCUT2D eigenvalue weighted by molar-refractivity contribution is 5.94. The van der Waals surface area contributed by atoms with Gasteiger partial charge in [-0.05, 0) is 81.5 Å². The molecule has 2 aliphatic heterocycles. The number of fused-ring (bicyclic) bond motifs is 1. The van der Waals surface area contributed by atoms with Crippen molar-refractivity contribution >= 4 is 11.6 Å². The van der Waals surface area contributed by atoms with Gasteiger partial charge in [0.15, 0.2) is 0 Å². The molecule has 2 heterocycles. The van der Waals surface area contributed by atoms with Crippen LogP contribution in [0.5, 0.6) is 0 Å². The molecule has 5 heteroatoms. The molecular weight excluding hydrogens is 358 g/mol. The van der Waals surface area contributed by atoms with Gasteiger partial charge in [0, 0.05) is 35.9 Å². The number of piperidine rings is 1. The summed E-state index contributed by atoms with van der Waals surface area (Å²) in [4.78, 5) is 17.2. The summed E-state index contributed by atoms with van der Waals surface area (Å²) in [5.41, 5.74) is 1.92. The monoisotopic (exact) mass is 384 g/mol. The quantitative estimate of drug-likeness (QED) is 0.743. The number of hydrogen-bond donors (Lipinski definition) is 0. The molecule has 148 valence electrons. The van der Waals surface area contributed by atoms with E-state index in [-0.39, 0.29) is 23.1 Å². The second-order valence-electron chi connectivity index (χ2n) is 8.69. The molecule has 0 bridgehead atoms.